The van der Waals surface area contributed by atoms with E-state index in [9.17, 15) is 4.79 Å². The van der Waals surface area contributed by atoms with Crippen molar-refractivity contribution in [3.05, 3.63) is 24.3 Å². The molecule has 1 aromatic rings. The van der Waals surface area contributed by atoms with Crippen LogP contribution in [0.25, 0.3) is 0 Å². The van der Waals surface area contributed by atoms with Gasteiger partial charge in [-0.05, 0) is 24.0 Å². The molecule has 0 aliphatic carbocycles. The van der Waals surface area contributed by atoms with E-state index in [0.717, 1.165) is 17.9 Å². The van der Waals surface area contributed by atoms with Gasteiger partial charge in [0.15, 0.2) is 0 Å². The Bertz CT molecular complexity index is 465. The van der Waals surface area contributed by atoms with E-state index in [4.69, 9.17) is 10.5 Å². The molecule has 4 nitrogen and oxygen atoms in total. The highest BCUT2D eigenvalue weighted by Gasteiger charge is 2.33. The molecule has 0 aromatic heterocycles. The molecule has 0 unspecified atom stereocenters. The number of nitrogens with two attached hydrogens (primary N) is 1. The van der Waals surface area contributed by atoms with Crippen LogP contribution in [0.4, 0.5) is 5.69 Å². The minimum atomic E-state index is -0.515. The van der Waals surface area contributed by atoms with Crippen LogP contribution in [0.2, 0.25) is 0 Å². The average molecular weight is 262 g/mol. The fourth-order valence-corrected chi connectivity index (χ4v) is 2.09. The molecule has 0 saturated heterocycles. The van der Waals surface area contributed by atoms with Gasteiger partial charge in [-0.2, -0.15) is 0 Å². The fourth-order valence-electron chi connectivity index (χ4n) is 2.09. The number of para-hydroxylation sites is 2. The predicted molar refractivity (Wildman–Crippen MR) is 76.3 cm³/mol. The Morgan fingerprint density at radius 3 is 2.74 bits per heavy atom. The van der Waals surface area contributed by atoms with E-state index in [1.54, 1.807) is 4.90 Å². The van der Waals surface area contributed by atoms with Gasteiger partial charge in [0, 0.05) is 6.54 Å². The van der Waals surface area contributed by atoms with Crippen molar-refractivity contribution in [2.75, 3.05) is 18.1 Å². The van der Waals surface area contributed by atoms with Crippen LogP contribution < -0.4 is 15.4 Å². The van der Waals surface area contributed by atoms with Crippen molar-refractivity contribution in [2.45, 2.75) is 33.2 Å². The van der Waals surface area contributed by atoms with Gasteiger partial charge < -0.3 is 15.4 Å². The molecule has 0 spiro atoms. The molecular formula is C15H22N2O2. The Kier molecular flexibility index (Phi) is 3.80. The van der Waals surface area contributed by atoms with Crippen LogP contribution in [-0.4, -0.2) is 25.1 Å². The third kappa shape index (κ3) is 2.89. The van der Waals surface area contributed by atoms with Crippen molar-refractivity contribution in [1.82, 2.24) is 0 Å². The first-order chi connectivity index (χ1) is 8.91. The van der Waals surface area contributed by atoms with Gasteiger partial charge in [0.05, 0.1) is 18.3 Å². The molecular weight excluding hydrogens is 240 g/mol. The molecule has 0 radical (unpaired) electrons. The average Bonchev–Trinajstić information content (AvgIpc) is 2.58. The van der Waals surface area contributed by atoms with E-state index in [0.29, 0.717) is 13.2 Å². The van der Waals surface area contributed by atoms with Crippen LogP contribution in [0.3, 0.4) is 0 Å². The van der Waals surface area contributed by atoms with Crippen LogP contribution in [0.15, 0.2) is 24.3 Å². The number of fused-ring (bicyclic) bond motifs is 1. The van der Waals surface area contributed by atoms with Crippen LogP contribution in [0.5, 0.6) is 5.75 Å². The second-order valence-corrected chi connectivity index (χ2v) is 6.00. The Morgan fingerprint density at radius 2 is 2.05 bits per heavy atom. The molecule has 1 atom stereocenters. The van der Waals surface area contributed by atoms with Gasteiger partial charge in [-0.3, -0.25) is 4.79 Å². The lowest BCUT2D eigenvalue weighted by molar-refractivity contribution is -0.121. The summed E-state index contributed by atoms with van der Waals surface area (Å²) in [6, 6.07) is 7.11. The number of hydrogen-bond donors (Lipinski definition) is 1. The first kappa shape index (κ1) is 13.9. The second kappa shape index (κ2) is 5.21. The maximum absolute atomic E-state index is 12.6. The summed E-state index contributed by atoms with van der Waals surface area (Å²) in [5.74, 6) is 0.722. The van der Waals surface area contributed by atoms with Gasteiger partial charge in [0.2, 0.25) is 5.91 Å². The summed E-state index contributed by atoms with van der Waals surface area (Å²) in [5, 5.41) is 0. The normalized spacial score (nSPS) is 17.2. The second-order valence-electron chi connectivity index (χ2n) is 6.00. The number of nitrogens with zero attached hydrogens (tertiary/aromatic N) is 1. The molecule has 1 aliphatic rings. The number of ether oxygens (including phenoxy) is 1. The highest BCUT2D eigenvalue weighted by atomic mass is 16.5. The van der Waals surface area contributed by atoms with E-state index >= 15 is 0 Å². The molecule has 2 N–H and O–H groups in total. The number of carbonyl (C=O) groups is 1. The van der Waals surface area contributed by atoms with Gasteiger partial charge in [0.25, 0.3) is 0 Å². The molecule has 0 bridgehead atoms. The molecule has 2 rings (SSSR count). The quantitative estimate of drug-likeness (QED) is 0.844. The summed E-state index contributed by atoms with van der Waals surface area (Å²) in [6.07, 6.45) is 0.817. The largest absolute Gasteiger partial charge is 0.491 e. The highest BCUT2D eigenvalue weighted by molar-refractivity contribution is 5.98. The summed E-state index contributed by atoms with van der Waals surface area (Å²) in [7, 11) is 0. The van der Waals surface area contributed by atoms with E-state index in [-0.39, 0.29) is 11.3 Å². The SMILES string of the molecule is CC(C)(C)[C@@H](N)C(=O)N1CCCOc2ccccc21. The van der Waals surface area contributed by atoms with Gasteiger partial charge >= 0.3 is 0 Å². The molecule has 1 aromatic carbocycles. The van der Waals surface area contributed by atoms with Crippen LogP contribution in [0.1, 0.15) is 27.2 Å². The van der Waals surface area contributed by atoms with Gasteiger partial charge in [-0.15, -0.1) is 0 Å². The van der Waals surface area contributed by atoms with Gasteiger partial charge in [-0.25, -0.2) is 0 Å². The molecule has 1 heterocycles. The van der Waals surface area contributed by atoms with Crippen LogP contribution in [-0.2, 0) is 4.79 Å². The smallest absolute Gasteiger partial charge is 0.244 e. The van der Waals surface area contributed by atoms with Crippen molar-refractivity contribution in [3.63, 3.8) is 0 Å². The first-order valence-electron chi connectivity index (χ1n) is 6.70. The lowest BCUT2D eigenvalue weighted by Crippen LogP contribution is -2.50. The zero-order valence-electron chi connectivity index (χ0n) is 11.8. The van der Waals surface area contributed by atoms with E-state index in [1.807, 2.05) is 45.0 Å². The van der Waals surface area contributed by atoms with Crippen molar-refractivity contribution in [2.24, 2.45) is 11.1 Å². The summed E-state index contributed by atoms with van der Waals surface area (Å²) < 4.78 is 5.66. The molecule has 4 heteroatoms. The van der Waals surface area contributed by atoms with Crippen molar-refractivity contribution in [1.29, 1.82) is 0 Å². The van der Waals surface area contributed by atoms with Crippen molar-refractivity contribution >= 4 is 11.6 Å². The summed E-state index contributed by atoms with van der Waals surface area (Å²) in [4.78, 5) is 14.4. The molecule has 104 valence electrons. The monoisotopic (exact) mass is 262 g/mol. The molecule has 19 heavy (non-hydrogen) atoms. The maximum atomic E-state index is 12.6. The predicted octanol–water partition coefficient (Wildman–Crippen LogP) is 2.18. The minimum Gasteiger partial charge on any atom is -0.491 e. The van der Waals surface area contributed by atoms with Crippen molar-refractivity contribution < 1.29 is 9.53 Å². The third-order valence-corrected chi connectivity index (χ3v) is 3.40. The standard InChI is InChI=1S/C15H22N2O2/c1-15(2,3)13(16)14(18)17-9-6-10-19-12-8-5-4-7-11(12)17/h4-5,7-8,13H,6,9-10,16H2,1-3H3/t13-/m0/s1. The minimum absolute atomic E-state index is 0.0366. The van der Waals surface area contributed by atoms with Gasteiger partial charge in [0.1, 0.15) is 5.75 Å². The van der Waals surface area contributed by atoms with E-state index in [1.165, 1.54) is 0 Å². The lowest BCUT2D eigenvalue weighted by Gasteiger charge is -2.31. The van der Waals surface area contributed by atoms with Crippen molar-refractivity contribution in [3.8, 4) is 5.75 Å². The number of amides is 1. The van der Waals surface area contributed by atoms with E-state index in [2.05, 4.69) is 0 Å². The summed E-state index contributed by atoms with van der Waals surface area (Å²) >= 11 is 0. The Balaban J connectivity index is 2.32. The zero-order valence-corrected chi connectivity index (χ0v) is 11.8. The zero-order chi connectivity index (χ0) is 14.0. The number of rotatable bonds is 1. The maximum Gasteiger partial charge on any atom is 0.244 e. The molecule has 0 fully saturated rings. The highest BCUT2D eigenvalue weighted by Crippen LogP contribution is 2.32. The summed E-state index contributed by atoms with van der Waals surface area (Å²) in [5.41, 5.74) is 6.67. The van der Waals surface area contributed by atoms with Gasteiger partial charge in [-0.1, -0.05) is 32.9 Å². The molecule has 1 aliphatic heterocycles. The topological polar surface area (TPSA) is 55.6 Å². The first-order valence-corrected chi connectivity index (χ1v) is 6.70. The lowest BCUT2D eigenvalue weighted by atomic mass is 9.86. The number of benzene rings is 1. The third-order valence-electron chi connectivity index (χ3n) is 3.40. The Hall–Kier alpha value is -1.55. The fraction of sp³-hybridized carbons (Fsp3) is 0.533. The van der Waals surface area contributed by atoms with Crippen LogP contribution >= 0.6 is 0 Å². The van der Waals surface area contributed by atoms with Crippen LogP contribution in [0, 0.1) is 5.41 Å². The number of hydrogen-bond acceptors (Lipinski definition) is 3. The summed E-state index contributed by atoms with van der Waals surface area (Å²) in [6.45, 7) is 7.23. The number of anilines is 1. The van der Waals surface area contributed by atoms with E-state index < -0.39 is 6.04 Å². The number of carbonyl (C=O) groups excluding carboxylic acids is 1. The Morgan fingerprint density at radius 1 is 1.37 bits per heavy atom. The molecule has 0 saturated carbocycles. The molecule has 1 amide bonds. The Labute approximate surface area is 114 Å².